The van der Waals surface area contributed by atoms with E-state index in [4.69, 9.17) is 0 Å². The number of pyridine rings is 1. The third-order valence-corrected chi connectivity index (χ3v) is 4.81. The van der Waals surface area contributed by atoms with Crippen molar-refractivity contribution < 1.29 is 4.79 Å². The van der Waals surface area contributed by atoms with E-state index in [2.05, 4.69) is 33.6 Å². The van der Waals surface area contributed by atoms with Crippen LogP contribution in [-0.2, 0) is 6.42 Å². The number of carbonyl (C=O) groups is 1. The molecule has 3 nitrogen and oxygen atoms in total. The molecule has 1 aliphatic rings. The Bertz CT molecular complexity index is 669. The molecule has 0 fully saturated rings. The van der Waals surface area contributed by atoms with Crippen LogP contribution in [-0.4, -0.2) is 17.4 Å². The maximum absolute atomic E-state index is 12.7. The Labute approximate surface area is 132 Å². The predicted octanol–water partition coefficient (Wildman–Crippen LogP) is 3.59. The van der Waals surface area contributed by atoms with Gasteiger partial charge in [-0.05, 0) is 77.7 Å². The number of hydrogen-bond donors (Lipinski definition) is 0. The van der Waals surface area contributed by atoms with E-state index in [0.717, 1.165) is 41.9 Å². The molecule has 1 amide bonds. The summed E-state index contributed by atoms with van der Waals surface area (Å²) in [4.78, 5) is 18.9. The molecule has 0 aliphatic carbocycles. The monoisotopic (exact) mass is 378 g/mol. The van der Waals surface area contributed by atoms with Gasteiger partial charge in [-0.1, -0.05) is 6.07 Å². The van der Waals surface area contributed by atoms with Crippen molar-refractivity contribution in [3.8, 4) is 0 Å². The summed E-state index contributed by atoms with van der Waals surface area (Å²) in [6.07, 6.45) is 3.75. The summed E-state index contributed by atoms with van der Waals surface area (Å²) < 4.78 is 1.18. The normalized spacial score (nSPS) is 14.0. The van der Waals surface area contributed by atoms with Gasteiger partial charge in [-0.15, -0.1) is 0 Å². The second kappa shape index (κ2) is 5.52. The molecule has 2 aromatic rings. The quantitative estimate of drug-likeness (QED) is 0.711. The standard InChI is InChI=1S/C16H15IN2O/c1-11-10-13(6-7-14(11)17)16(20)19-9-3-5-12-4-2-8-18-15(12)19/h2,4,6-8,10H,3,5,9H2,1H3. The molecule has 0 N–H and O–H groups in total. The van der Waals surface area contributed by atoms with E-state index in [1.807, 2.05) is 31.2 Å². The fourth-order valence-corrected chi connectivity index (χ4v) is 2.87. The van der Waals surface area contributed by atoms with Crippen LogP contribution in [0.3, 0.4) is 0 Å². The lowest BCUT2D eigenvalue weighted by Crippen LogP contribution is -2.36. The van der Waals surface area contributed by atoms with Crippen LogP contribution < -0.4 is 4.90 Å². The second-order valence-corrected chi connectivity index (χ2v) is 6.17. The molecule has 0 radical (unpaired) electrons. The van der Waals surface area contributed by atoms with Gasteiger partial charge in [0.2, 0.25) is 0 Å². The van der Waals surface area contributed by atoms with E-state index in [1.165, 1.54) is 3.57 Å². The summed E-state index contributed by atoms with van der Waals surface area (Å²) >= 11 is 2.28. The Morgan fingerprint density at radius 2 is 2.20 bits per heavy atom. The van der Waals surface area contributed by atoms with Gasteiger partial charge in [0.05, 0.1) is 0 Å². The van der Waals surface area contributed by atoms with Crippen molar-refractivity contribution in [2.24, 2.45) is 0 Å². The SMILES string of the molecule is Cc1cc(C(=O)N2CCCc3cccnc32)ccc1I. The minimum Gasteiger partial charge on any atom is -0.292 e. The smallest absolute Gasteiger partial charge is 0.259 e. The van der Waals surface area contributed by atoms with Gasteiger partial charge in [-0.3, -0.25) is 9.69 Å². The maximum atomic E-state index is 12.7. The molecule has 0 spiro atoms. The van der Waals surface area contributed by atoms with Gasteiger partial charge >= 0.3 is 0 Å². The molecule has 0 saturated heterocycles. The summed E-state index contributed by atoms with van der Waals surface area (Å²) in [5, 5.41) is 0. The number of anilines is 1. The average molecular weight is 378 g/mol. The summed E-state index contributed by atoms with van der Waals surface area (Å²) in [6.45, 7) is 2.77. The number of fused-ring (bicyclic) bond motifs is 1. The molecule has 0 atom stereocenters. The Balaban J connectivity index is 1.97. The van der Waals surface area contributed by atoms with Crippen molar-refractivity contribution in [2.45, 2.75) is 19.8 Å². The summed E-state index contributed by atoms with van der Waals surface area (Å²) in [5.74, 6) is 0.865. The molecule has 0 bridgehead atoms. The van der Waals surface area contributed by atoms with Crippen LogP contribution in [0.4, 0.5) is 5.82 Å². The number of rotatable bonds is 1. The van der Waals surface area contributed by atoms with Crippen LogP contribution in [0.25, 0.3) is 0 Å². The fraction of sp³-hybridized carbons (Fsp3) is 0.250. The Morgan fingerprint density at radius 1 is 1.35 bits per heavy atom. The zero-order valence-corrected chi connectivity index (χ0v) is 13.4. The first kappa shape index (κ1) is 13.5. The van der Waals surface area contributed by atoms with Gasteiger partial charge in [0.15, 0.2) is 0 Å². The van der Waals surface area contributed by atoms with Gasteiger partial charge in [-0.2, -0.15) is 0 Å². The molecule has 1 aliphatic heterocycles. The first-order valence-electron chi connectivity index (χ1n) is 6.69. The maximum Gasteiger partial charge on any atom is 0.259 e. The van der Waals surface area contributed by atoms with Gasteiger partial charge in [0, 0.05) is 21.9 Å². The lowest BCUT2D eigenvalue weighted by atomic mass is 10.0. The lowest BCUT2D eigenvalue weighted by molar-refractivity contribution is 0.0984. The third kappa shape index (κ3) is 2.44. The number of halogens is 1. The zero-order valence-electron chi connectivity index (χ0n) is 11.3. The van der Waals surface area contributed by atoms with Gasteiger partial charge in [-0.25, -0.2) is 4.98 Å². The largest absolute Gasteiger partial charge is 0.292 e. The molecule has 0 unspecified atom stereocenters. The predicted molar refractivity (Wildman–Crippen MR) is 88.1 cm³/mol. The second-order valence-electron chi connectivity index (χ2n) is 5.01. The van der Waals surface area contributed by atoms with Crippen LogP contribution in [0.5, 0.6) is 0 Å². The first-order chi connectivity index (χ1) is 9.66. The van der Waals surface area contributed by atoms with Crippen LogP contribution in [0.15, 0.2) is 36.5 Å². The zero-order chi connectivity index (χ0) is 14.1. The van der Waals surface area contributed by atoms with Gasteiger partial charge < -0.3 is 0 Å². The molecule has 4 heteroatoms. The average Bonchev–Trinajstić information content (AvgIpc) is 2.49. The van der Waals surface area contributed by atoms with Crippen molar-refractivity contribution in [1.82, 2.24) is 4.98 Å². The molecule has 1 aromatic carbocycles. The molecular formula is C16H15IN2O. The van der Waals surface area contributed by atoms with Crippen LogP contribution in [0.1, 0.15) is 27.9 Å². The highest BCUT2D eigenvalue weighted by molar-refractivity contribution is 14.1. The summed E-state index contributed by atoms with van der Waals surface area (Å²) in [7, 11) is 0. The van der Waals surface area contributed by atoms with Crippen LogP contribution in [0.2, 0.25) is 0 Å². The van der Waals surface area contributed by atoms with Crippen molar-refractivity contribution >= 4 is 34.3 Å². The van der Waals surface area contributed by atoms with Crippen molar-refractivity contribution in [1.29, 1.82) is 0 Å². The topological polar surface area (TPSA) is 33.2 Å². The van der Waals surface area contributed by atoms with Crippen molar-refractivity contribution in [2.75, 3.05) is 11.4 Å². The van der Waals surface area contributed by atoms with E-state index >= 15 is 0 Å². The van der Waals surface area contributed by atoms with Gasteiger partial charge in [0.25, 0.3) is 5.91 Å². The van der Waals surface area contributed by atoms with Crippen molar-refractivity contribution in [3.05, 3.63) is 56.8 Å². The lowest BCUT2D eigenvalue weighted by Gasteiger charge is -2.28. The van der Waals surface area contributed by atoms with E-state index in [1.54, 1.807) is 11.1 Å². The molecular weight excluding hydrogens is 363 g/mol. The highest BCUT2D eigenvalue weighted by Crippen LogP contribution is 2.26. The minimum absolute atomic E-state index is 0.0455. The summed E-state index contributed by atoms with van der Waals surface area (Å²) in [5.41, 5.74) is 3.03. The number of nitrogens with zero attached hydrogens (tertiary/aromatic N) is 2. The van der Waals surface area contributed by atoms with Crippen LogP contribution >= 0.6 is 22.6 Å². The molecule has 102 valence electrons. The fourth-order valence-electron chi connectivity index (χ4n) is 2.53. The van der Waals surface area contributed by atoms with Crippen molar-refractivity contribution in [3.63, 3.8) is 0 Å². The first-order valence-corrected chi connectivity index (χ1v) is 7.76. The molecule has 1 aromatic heterocycles. The van der Waals surface area contributed by atoms with Crippen LogP contribution in [0, 0.1) is 10.5 Å². The third-order valence-electron chi connectivity index (χ3n) is 3.60. The highest BCUT2D eigenvalue weighted by atomic mass is 127. The number of hydrogen-bond acceptors (Lipinski definition) is 2. The number of amides is 1. The number of benzene rings is 1. The van der Waals surface area contributed by atoms with E-state index in [9.17, 15) is 4.79 Å². The molecule has 3 rings (SSSR count). The number of aromatic nitrogens is 1. The highest BCUT2D eigenvalue weighted by Gasteiger charge is 2.24. The Kier molecular flexibility index (Phi) is 3.74. The molecule has 20 heavy (non-hydrogen) atoms. The molecule has 0 saturated carbocycles. The van der Waals surface area contributed by atoms with E-state index in [0.29, 0.717) is 0 Å². The minimum atomic E-state index is 0.0455. The number of aryl methyl sites for hydroxylation is 2. The van der Waals surface area contributed by atoms with E-state index < -0.39 is 0 Å². The Morgan fingerprint density at radius 3 is 3.00 bits per heavy atom. The Hall–Kier alpha value is -1.43. The molecule has 2 heterocycles. The summed E-state index contributed by atoms with van der Waals surface area (Å²) in [6, 6.07) is 9.84. The van der Waals surface area contributed by atoms with E-state index in [-0.39, 0.29) is 5.91 Å². The number of carbonyl (C=O) groups excluding carboxylic acids is 1. The van der Waals surface area contributed by atoms with Gasteiger partial charge in [0.1, 0.15) is 5.82 Å².